The van der Waals surface area contributed by atoms with Crippen molar-refractivity contribution >= 4 is 38.3 Å². The maximum Gasteiger partial charge on any atom is 0.236 e. The minimum atomic E-state index is -0.336. The molecule has 1 amide bonds. The summed E-state index contributed by atoms with van der Waals surface area (Å²) >= 11 is 5.08. The number of amides is 1. The maximum atomic E-state index is 12.7. The van der Waals surface area contributed by atoms with Crippen molar-refractivity contribution in [2.75, 3.05) is 5.32 Å². The predicted molar refractivity (Wildman–Crippen MR) is 87.8 cm³/mol. The van der Waals surface area contributed by atoms with Gasteiger partial charge in [-0.2, -0.15) is 0 Å². The molecule has 3 nitrogen and oxygen atoms in total. The molecule has 2 aliphatic rings. The zero-order valence-corrected chi connectivity index (χ0v) is 13.9. The van der Waals surface area contributed by atoms with Gasteiger partial charge in [0.15, 0.2) is 5.13 Å². The summed E-state index contributed by atoms with van der Waals surface area (Å²) in [6.07, 6.45) is 5.21. The molecule has 21 heavy (non-hydrogen) atoms. The molecule has 0 radical (unpaired) electrons. The fourth-order valence-corrected chi connectivity index (χ4v) is 4.31. The van der Waals surface area contributed by atoms with E-state index in [0.717, 1.165) is 40.9 Å². The third kappa shape index (κ3) is 2.32. The van der Waals surface area contributed by atoms with Crippen LogP contribution in [0, 0.1) is 0 Å². The van der Waals surface area contributed by atoms with E-state index in [1.165, 1.54) is 17.0 Å². The quantitative estimate of drug-likeness (QED) is 0.894. The Kier molecular flexibility index (Phi) is 3.15. The van der Waals surface area contributed by atoms with E-state index in [1.807, 2.05) is 24.3 Å². The van der Waals surface area contributed by atoms with Crippen LogP contribution in [0.2, 0.25) is 0 Å². The van der Waals surface area contributed by atoms with Crippen molar-refractivity contribution in [3.63, 3.8) is 0 Å². The first-order valence-corrected chi connectivity index (χ1v) is 8.84. The van der Waals surface area contributed by atoms with Gasteiger partial charge in [0.2, 0.25) is 5.91 Å². The third-order valence-electron chi connectivity index (χ3n) is 4.40. The van der Waals surface area contributed by atoms with Gasteiger partial charge in [-0.05, 0) is 49.8 Å². The Morgan fingerprint density at radius 1 is 1.24 bits per heavy atom. The molecular weight excluding hydrogens is 348 g/mol. The second-order valence-corrected chi connectivity index (χ2v) is 7.78. The first-order valence-electron chi connectivity index (χ1n) is 7.23. The molecule has 0 spiro atoms. The molecule has 5 heteroatoms. The van der Waals surface area contributed by atoms with E-state index in [4.69, 9.17) is 0 Å². The minimum Gasteiger partial charge on any atom is -0.301 e. The van der Waals surface area contributed by atoms with Gasteiger partial charge in [0.1, 0.15) is 0 Å². The molecule has 0 bridgehead atoms. The van der Waals surface area contributed by atoms with Gasteiger partial charge in [-0.3, -0.25) is 4.79 Å². The summed E-state index contributed by atoms with van der Waals surface area (Å²) in [4.78, 5) is 18.6. The SMILES string of the molecule is O=C(Nc1nc2c(s1)CCC2)C1(c2ccc(Br)cc2)CC1. The Morgan fingerprint density at radius 3 is 2.67 bits per heavy atom. The highest BCUT2D eigenvalue weighted by atomic mass is 79.9. The van der Waals surface area contributed by atoms with Gasteiger partial charge in [0.25, 0.3) is 0 Å². The number of nitrogens with one attached hydrogen (secondary N) is 1. The molecule has 1 N–H and O–H groups in total. The number of anilines is 1. The molecule has 2 aliphatic carbocycles. The van der Waals surface area contributed by atoms with E-state index < -0.39 is 0 Å². The summed E-state index contributed by atoms with van der Waals surface area (Å²) in [5, 5.41) is 3.82. The van der Waals surface area contributed by atoms with Crippen LogP contribution >= 0.6 is 27.3 Å². The number of benzene rings is 1. The van der Waals surface area contributed by atoms with Crippen LogP contribution in [0.5, 0.6) is 0 Å². The van der Waals surface area contributed by atoms with Gasteiger partial charge < -0.3 is 5.32 Å². The Hall–Kier alpha value is -1.20. The number of rotatable bonds is 3. The lowest BCUT2D eigenvalue weighted by Crippen LogP contribution is -2.27. The first kappa shape index (κ1) is 13.5. The molecule has 0 saturated heterocycles. The highest BCUT2D eigenvalue weighted by Gasteiger charge is 2.51. The van der Waals surface area contributed by atoms with Crippen LogP contribution in [-0.4, -0.2) is 10.9 Å². The van der Waals surface area contributed by atoms with Gasteiger partial charge >= 0.3 is 0 Å². The lowest BCUT2D eigenvalue weighted by atomic mass is 9.95. The fraction of sp³-hybridized carbons (Fsp3) is 0.375. The van der Waals surface area contributed by atoms with Crippen LogP contribution in [0.3, 0.4) is 0 Å². The van der Waals surface area contributed by atoms with Crippen molar-refractivity contribution in [2.45, 2.75) is 37.5 Å². The number of hydrogen-bond acceptors (Lipinski definition) is 3. The highest BCUT2D eigenvalue weighted by Crippen LogP contribution is 2.49. The largest absolute Gasteiger partial charge is 0.301 e. The van der Waals surface area contributed by atoms with Crippen LogP contribution in [0.4, 0.5) is 5.13 Å². The average molecular weight is 363 g/mol. The van der Waals surface area contributed by atoms with Crippen molar-refractivity contribution in [1.82, 2.24) is 4.98 Å². The van der Waals surface area contributed by atoms with E-state index in [0.29, 0.717) is 0 Å². The Morgan fingerprint density at radius 2 is 2.00 bits per heavy atom. The monoisotopic (exact) mass is 362 g/mol. The van der Waals surface area contributed by atoms with Crippen molar-refractivity contribution in [1.29, 1.82) is 0 Å². The highest BCUT2D eigenvalue weighted by molar-refractivity contribution is 9.10. The standard InChI is InChI=1S/C16H15BrN2OS/c17-11-6-4-10(5-7-11)16(8-9-16)14(20)19-15-18-12-2-1-3-13(12)21-15/h4-7H,1-3,8-9H2,(H,18,19,20). The summed E-state index contributed by atoms with van der Waals surface area (Å²) in [6.45, 7) is 0. The average Bonchev–Trinajstić information content (AvgIpc) is 3.03. The molecule has 0 unspecified atom stereocenters. The Bertz CT molecular complexity index is 682. The lowest BCUT2D eigenvalue weighted by molar-refractivity contribution is -0.118. The Labute approximate surface area is 135 Å². The number of aromatic nitrogens is 1. The molecule has 1 aromatic heterocycles. The number of fused-ring (bicyclic) bond motifs is 1. The fourth-order valence-electron chi connectivity index (χ4n) is 3.00. The van der Waals surface area contributed by atoms with Gasteiger partial charge in [-0.15, -0.1) is 11.3 Å². The first-order chi connectivity index (χ1) is 10.2. The molecule has 0 atom stereocenters. The number of thiazole rings is 1. The summed E-state index contributed by atoms with van der Waals surface area (Å²) < 4.78 is 1.04. The summed E-state index contributed by atoms with van der Waals surface area (Å²) in [5.74, 6) is 0.0947. The molecule has 108 valence electrons. The topological polar surface area (TPSA) is 42.0 Å². The van der Waals surface area contributed by atoms with Crippen molar-refractivity contribution in [3.05, 3.63) is 44.9 Å². The number of nitrogens with zero attached hydrogens (tertiary/aromatic N) is 1. The summed E-state index contributed by atoms with van der Waals surface area (Å²) in [5.41, 5.74) is 1.95. The third-order valence-corrected chi connectivity index (χ3v) is 6.00. The molecule has 1 heterocycles. The van der Waals surface area contributed by atoms with Crippen LogP contribution in [0.15, 0.2) is 28.7 Å². The molecule has 1 fully saturated rings. The van der Waals surface area contributed by atoms with Gasteiger partial charge in [0, 0.05) is 9.35 Å². The van der Waals surface area contributed by atoms with Crippen molar-refractivity contribution in [2.24, 2.45) is 0 Å². The molecule has 4 rings (SSSR count). The van der Waals surface area contributed by atoms with Gasteiger partial charge in [-0.1, -0.05) is 28.1 Å². The summed E-state index contributed by atoms with van der Waals surface area (Å²) in [6, 6.07) is 8.08. The minimum absolute atomic E-state index is 0.0947. The van der Waals surface area contributed by atoms with Crippen LogP contribution < -0.4 is 5.32 Å². The second-order valence-electron chi connectivity index (χ2n) is 5.79. The van der Waals surface area contributed by atoms with E-state index in [9.17, 15) is 4.79 Å². The van der Waals surface area contributed by atoms with Crippen molar-refractivity contribution in [3.8, 4) is 0 Å². The maximum absolute atomic E-state index is 12.7. The lowest BCUT2D eigenvalue weighted by Gasteiger charge is -2.14. The zero-order valence-electron chi connectivity index (χ0n) is 11.5. The molecular formula is C16H15BrN2OS. The smallest absolute Gasteiger partial charge is 0.236 e. The number of halogens is 1. The van der Waals surface area contributed by atoms with Crippen molar-refractivity contribution < 1.29 is 4.79 Å². The number of carbonyl (C=O) groups excluding carboxylic acids is 1. The summed E-state index contributed by atoms with van der Waals surface area (Å²) in [7, 11) is 0. The van der Waals surface area contributed by atoms with Crippen LogP contribution in [0.25, 0.3) is 0 Å². The number of hydrogen-bond donors (Lipinski definition) is 1. The number of aryl methyl sites for hydroxylation is 2. The molecule has 1 aromatic carbocycles. The van der Waals surface area contributed by atoms with E-state index in [-0.39, 0.29) is 11.3 Å². The van der Waals surface area contributed by atoms with Gasteiger partial charge in [-0.25, -0.2) is 4.98 Å². The molecule has 1 saturated carbocycles. The van der Waals surface area contributed by atoms with Crippen LogP contribution in [0.1, 0.15) is 35.4 Å². The Balaban J connectivity index is 1.55. The number of carbonyl (C=O) groups is 1. The molecule has 2 aromatic rings. The van der Waals surface area contributed by atoms with Crippen LogP contribution in [-0.2, 0) is 23.1 Å². The van der Waals surface area contributed by atoms with E-state index >= 15 is 0 Å². The predicted octanol–water partition coefficient (Wildman–Crippen LogP) is 4.06. The normalized spacial score (nSPS) is 18.3. The zero-order chi connectivity index (χ0) is 14.4. The molecule has 0 aliphatic heterocycles. The van der Waals surface area contributed by atoms with E-state index in [2.05, 4.69) is 26.2 Å². The van der Waals surface area contributed by atoms with E-state index in [1.54, 1.807) is 11.3 Å². The second kappa shape index (κ2) is 4.92. The van der Waals surface area contributed by atoms with Gasteiger partial charge in [0.05, 0.1) is 11.1 Å².